The summed E-state index contributed by atoms with van der Waals surface area (Å²) >= 11 is 6.35. The fraction of sp³-hybridized carbons (Fsp3) is 0.208. The Hall–Kier alpha value is -3.99. The van der Waals surface area contributed by atoms with Gasteiger partial charge in [0.15, 0.2) is 5.82 Å². The number of ether oxygens (including phenoxy) is 1. The van der Waals surface area contributed by atoms with Crippen LogP contribution in [0.3, 0.4) is 0 Å². The van der Waals surface area contributed by atoms with E-state index in [1.165, 1.54) is 29.4 Å². The van der Waals surface area contributed by atoms with Gasteiger partial charge in [-0.25, -0.2) is 14.8 Å². The Morgan fingerprint density at radius 2 is 2.00 bits per heavy atom. The molecule has 2 aromatic heterocycles. The van der Waals surface area contributed by atoms with Crippen molar-refractivity contribution in [2.75, 3.05) is 18.4 Å². The lowest BCUT2D eigenvalue weighted by Gasteiger charge is -2.18. The van der Waals surface area contributed by atoms with Crippen LogP contribution in [0, 0.1) is 0 Å². The number of benzene rings is 2. The number of halogens is 4. The Balaban J connectivity index is 1.54. The van der Waals surface area contributed by atoms with Gasteiger partial charge in [-0.1, -0.05) is 17.7 Å². The average molecular weight is 520 g/mol. The van der Waals surface area contributed by atoms with Gasteiger partial charge in [-0.05, 0) is 49.4 Å². The van der Waals surface area contributed by atoms with Crippen molar-refractivity contribution in [1.82, 2.24) is 19.4 Å². The van der Waals surface area contributed by atoms with E-state index < -0.39 is 17.8 Å². The molecule has 0 aliphatic rings. The van der Waals surface area contributed by atoms with Crippen LogP contribution in [0.2, 0.25) is 5.02 Å². The molecule has 0 aliphatic heterocycles. The summed E-state index contributed by atoms with van der Waals surface area (Å²) in [6.45, 7) is 2.82. The first-order valence-electron chi connectivity index (χ1n) is 10.8. The van der Waals surface area contributed by atoms with Crippen molar-refractivity contribution in [3.63, 3.8) is 0 Å². The molecule has 2 aromatic carbocycles. The highest BCUT2D eigenvalue weighted by Crippen LogP contribution is 2.36. The Labute approximate surface area is 208 Å². The first-order chi connectivity index (χ1) is 17.2. The van der Waals surface area contributed by atoms with Gasteiger partial charge in [0.1, 0.15) is 23.3 Å². The number of likely N-dealkylation sites (N-methyl/N-ethyl adjacent to an activating group) is 1. The van der Waals surface area contributed by atoms with Gasteiger partial charge in [0, 0.05) is 31.5 Å². The molecule has 0 saturated carbocycles. The molecule has 0 bridgehead atoms. The summed E-state index contributed by atoms with van der Waals surface area (Å²) < 4.78 is 46.3. The van der Waals surface area contributed by atoms with Gasteiger partial charge in [-0.3, -0.25) is 0 Å². The third kappa shape index (κ3) is 5.62. The zero-order chi connectivity index (χ0) is 25.9. The lowest BCUT2D eigenvalue weighted by Crippen LogP contribution is -2.32. The van der Waals surface area contributed by atoms with Crippen molar-refractivity contribution in [2.24, 2.45) is 0 Å². The van der Waals surface area contributed by atoms with Crippen molar-refractivity contribution >= 4 is 40.2 Å². The Morgan fingerprint density at radius 3 is 2.69 bits per heavy atom. The third-order valence-corrected chi connectivity index (χ3v) is 5.69. The Kier molecular flexibility index (Phi) is 7.20. The number of hydrogen-bond acceptors (Lipinski definition) is 5. The number of anilines is 2. The van der Waals surface area contributed by atoms with E-state index in [-0.39, 0.29) is 23.1 Å². The van der Waals surface area contributed by atoms with E-state index in [0.29, 0.717) is 35.6 Å². The van der Waals surface area contributed by atoms with Crippen LogP contribution in [0.1, 0.15) is 12.5 Å². The van der Waals surface area contributed by atoms with Crippen molar-refractivity contribution in [1.29, 1.82) is 0 Å². The van der Waals surface area contributed by atoms with Gasteiger partial charge in [-0.15, -0.1) is 0 Å². The van der Waals surface area contributed by atoms with Crippen molar-refractivity contribution < 1.29 is 27.8 Å². The molecule has 0 saturated heterocycles. The largest absolute Gasteiger partial charge is 0.465 e. The lowest BCUT2D eigenvalue weighted by atomic mass is 10.2. The molecule has 2 N–H and O–H groups in total. The number of hydrogen-bond donors (Lipinski definition) is 2. The summed E-state index contributed by atoms with van der Waals surface area (Å²) in [7, 11) is 0. The third-order valence-electron chi connectivity index (χ3n) is 5.40. The first-order valence-corrected chi connectivity index (χ1v) is 11.2. The minimum Gasteiger partial charge on any atom is -0.465 e. The second kappa shape index (κ2) is 10.3. The molecule has 0 radical (unpaired) electrons. The summed E-state index contributed by atoms with van der Waals surface area (Å²) in [5.74, 6) is 0.669. The van der Waals surface area contributed by atoms with Crippen molar-refractivity contribution in [2.45, 2.75) is 19.6 Å². The van der Waals surface area contributed by atoms with Crippen LogP contribution >= 0.6 is 11.6 Å². The van der Waals surface area contributed by atoms with E-state index in [1.54, 1.807) is 31.3 Å². The highest BCUT2D eigenvalue weighted by Gasteiger charge is 2.30. The molecule has 0 unspecified atom stereocenters. The van der Waals surface area contributed by atoms with Crippen LogP contribution < -0.4 is 10.1 Å². The normalized spacial score (nSPS) is 11.5. The van der Waals surface area contributed by atoms with Gasteiger partial charge in [-0.2, -0.15) is 13.2 Å². The van der Waals surface area contributed by atoms with Gasteiger partial charge in [0.05, 0.1) is 16.1 Å². The molecular formula is C24H21ClF3N5O3. The van der Waals surface area contributed by atoms with Crippen LogP contribution in [-0.4, -0.2) is 43.7 Å². The van der Waals surface area contributed by atoms with Crippen LogP contribution in [0.4, 0.5) is 29.5 Å². The maximum absolute atomic E-state index is 13.0. The second-order valence-electron chi connectivity index (χ2n) is 7.73. The number of nitrogens with one attached hydrogen (secondary N) is 1. The first kappa shape index (κ1) is 25.1. The van der Waals surface area contributed by atoms with E-state index in [1.807, 2.05) is 4.57 Å². The van der Waals surface area contributed by atoms with Gasteiger partial charge < -0.3 is 24.6 Å². The molecule has 8 nitrogen and oxygen atoms in total. The minimum atomic E-state index is -4.49. The fourth-order valence-corrected chi connectivity index (χ4v) is 3.81. The van der Waals surface area contributed by atoms with E-state index in [0.717, 1.165) is 12.1 Å². The van der Waals surface area contributed by atoms with Crippen LogP contribution in [-0.2, 0) is 12.7 Å². The van der Waals surface area contributed by atoms with Gasteiger partial charge in [0.25, 0.3) is 0 Å². The number of nitrogens with zero attached hydrogens (tertiary/aromatic N) is 4. The smallest absolute Gasteiger partial charge is 0.416 e. The average Bonchev–Trinajstić information content (AvgIpc) is 3.25. The van der Waals surface area contributed by atoms with E-state index in [2.05, 4.69) is 15.3 Å². The molecule has 188 valence electrons. The number of aromatic nitrogens is 3. The lowest BCUT2D eigenvalue weighted by molar-refractivity contribution is -0.137. The van der Waals surface area contributed by atoms with Gasteiger partial charge >= 0.3 is 12.3 Å². The zero-order valence-electron chi connectivity index (χ0n) is 19.0. The summed E-state index contributed by atoms with van der Waals surface area (Å²) in [6, 6.07) is 11.1. The molecule has 0 atom stereocenters. The predicted octanol–water partition coefficient (Wildman–Crippen LogP) is 6.64. The molecule has 0 spiro atoms. The highest BCUT2D eigenvalue weighted by molar-refractivity contribution is 6.32. The van der Waals surface area contributed by atoms with E-state index in [9.17, 15) is 23.1 Å². The Morgan fingerprint density at radius 1 is 1.19 bits per heavy atom. The second-order valence-corrected chi connectivity index (χ2v) is 8.13. The summed E-state index contributed by atoms with van der Waals surface area (Å²) in [5.41, 5.74) is 1.08. The monoisotopic (exact) mass is 519 g/mol. The predicted molar refractivity (Wildman–Crippen MR) is 129 cm³/mol. The Bertz CT molecular complexity index is 1390. The summed E-state index contributed by atoms with van der Waals surface area (Å²) in [6.07, 6.45) is -2.28. The minimum absolute atomic E-state index is 0.00487. The van der Waals surface area contributed by atoms with Crippen LogP contribution in [0.25, 0.3) is 11.0 Å². The molecule has 1 amide bonds. The SMILES string of the molecule is CCN(CCn1ccc2ncnc(Nc3ccc(Oc4cccc(C(F)(F)F)c4)c(Cl)c3)c21)C(=O)O. The fourth-order valence-electron chi connectivity index (χ4n) is 3.59. The van der Waals surface area contributed by atoms with Crippen molar-refractivity contribution in [3.8, 4) is 11.5 Å². The maximum atomic E-state index is 13.0. The highest BCUT2D eigenvalue weighted by atomic mass is 35.5. The number of alkyl halides is 3. The maximum Gasteiger partial charge on any atom is 0.416 e. The molecular weight excluding hydrogens is 499 g/mol. The van der Waals surface area contributed by atoms with Crippen LogP contribution in [0.5, 0.6) is 11.5 Å². The van der Waals surface area contributed by atoms with Crippen molar-refractivity contribution in [3.05, 3.63) is 71.6 Å². The molecule has 36 heavy (non-hydrogen) atoms. The molecule has 0 aliphatic carbocycles. The number of carboxylic acid groups (broad SMARTS) is 1. The summed E-state index contributed by atoms with van der Waals surface area (Å²) in [4.78, 5) is 21.2. The number of amides is 1. The summed E-state index contributed by atoms with van der Waals surface area (Å²) in [5, 5.41) is 12.6. The topological polar surface area (TPSA) is 92.5 Å². The van der Waals surface area contributed by atoms with E-state index >= 15 is 0 Å². The molecule has 4 rings (SSSR count). The van der Waals surface area contributed by atoms with E-state index in [4.69, 9.17) is 16.3 Å². The number of carbonyl (C=O) groups is 1. The molecule has 12 heteroatoms. The molecule has 4 aromatic rings. The number of fused-ring (bicyclic) bond motifs is 1. The number of rotatable bonds is 8. The van der Waals surface area contributed by atoms with Gasteiger partial charge in [0.2, 0.25) is 0 Å². The standard InChI is InChI=1S/C24H21ClF3N5O3/c1-2-32(23(34)35)10-11-33-9-8-19-21(33)22(30-14-29-19)31-16-6-7-20(18(25)13-16)36-17-5-3-4-15(12-17)24(26,27)28/h3-9,12-14H,2,10-11H2,1H3,(H,34,35)(H,29,30,31). The zero-order valence-corrected chi connectivity index (χ0v) is 19.7. The molecule has 0 fully saturated rings. The van der Waals surface area contributed by atoms with Crippen LogP contribution in [0.15, 0.2) is 61.1 Å². The quantitative estimate of drug-likeness (QED) is 0.271. The molecule has 2 heterocycles.